The van der Waals surface area contributed by atoms with Crippen molar-refractivity contribution in [1.29, 1.82) is 0 Å². The van der Waals surface area contributed by atoms with E-state index < -0.39 is 0 Å². The van der Waals surface area contributed by atoms with Crippen molar-refractivity contribution in [2.24, 2.45) is 0 Å². The second-order valence-electron chi connectivity index (χ2n) is 6.37. The van der Waals surface area contributed by atoms with Gasteiger partial charge >= 0.3 is 0 Å². The maximum atomic E-state index is 13.3. The van der Waals surface area contributed by atoms with Crippen LogP contribution in [0.4, 0.5) is 4.39 Å². The number of aromatic nitrogens is 2. The lowest BCUT2D eigenvalue weighted by Gasteiger charge is -2.32. The van der Waals surface area contributed by atoms with Crippen molar-refractivity contribution in [2.75, 3.05) is 33.8 Å². The number of morpholine rings is 1. The van der Waals surface area contributed by atoms with Crippen LogP contribution >= 0.6 is 0 Å². The van der Waals surface area contributed by atoms with Crippen molar-refractivity contribution in [3.63, 3.8) is 0 Å². The summed E-state index contributed by atoms with van der Waals surface area (Å²) in [6.45, 7) is 3.64. The Labute approximate surface area is 142 Å². The van der Waals surface area contributed by atoms with Crippen LogP contribution in [0.15, 0.2) is 36.5 Å². The molecule has 0 radical (unpaired) electrons. The molecule has 6 heteroatoms. The second kappa shape index (κ2) is 7.79. The standard InChI is InChI=1S/C18H23FN4O/c1-22(2)12-16-6-7-20-18(21-16)17-13-23(8-9-24-17)11-14-4-3-5-15(19)10-14/h3-7,10,17H,8-9,11-13H2,1-2H3/t17-/m1/s1. The van der Waals surface area contributed by atoms with E-state index in [1.165, 1.54) is 6.07 Å². The number of hydrogen-bond donors (Lipinski definition) is 0. The van der Waals surface area contributed by atoms with Gasteiger partial charge in [-0.3, -0.25) is 4.90 Å². The van der Waals surface area contributed by atoms with Crippen molar-refractivity contribution >= 4 is 0 Å². The van der Waals surface area contributed by atoms with Crippen molar-refractivity contribution in [3.8, 4) is 0 Å². The Bertz CT molecular complexity index is 680. The molecule has 0 unspecified atom stereocenters. The van der Waals surface area contributed by atoms with Crippen molar-refractivity contribution in [3.05, 3.63) is 59.4 Å². The summed E-state index contributed by atoms with van der Waals surface area (Å²) < 4.78 is 19.2. The quantitative estimate of drug-likeness (QED) is 0.841. The van der Waals surface area contributed by atoms with E-state index in [0.717, 1.165) is 30.2 Å². The van der Waals surface area contributed by atoms with Gasteiger partial charge < -0.3 is 9.64 Å². The molecule has 1 aliphatic heterocycles. The highest BCUT2D eigenvalue weighted by Crippen LogP contribution is 2.21. The zero-order chi connectivity index (χ0) is 16.9. The number of ether oxygens (including phenoxy) is 1. The molecule has 3 rings (SSSR count). The van der Waals surface area contributed by atoms with Gasteiger partial charge in [0, 0.05) is 32.4 Å². The topological polar surface area (TPSA) is 41.5 Å². The molecule has 0 N–H and O–H groups in total. The summed E-state index contributed by atoms with van der Waals surface area (Å²) in [7, 11) is 4.03. The molecule has 1 fully saturated rings. The SMILES string of the molecule is CN(C)Cc1ccnc([C@H]2CN(Cc3cccc(F)c3)CCO2)n1. The van der Waals surface area contributed by atoms with Crippen LogP contribution in [0.5, 0.6) is 0 Å². The van der Waals surface area contributed by atoms with Crippen LogP contribution in [0, 0.1) is 5.82 Å². The number of benzene rings is 1. The number of rotatable bonds is 5. The van der Waals surface area contributed by atoms with E-state index in [2.05, 4.69) is 19.8 Å². The van der Waals surface area contributed by atoms with E-state index in [9.17, 15) is 4.39 Å². The molecule has 0 saturated carbocycles. The van der Waals surface area contributed by atoms with Crippen molar-refractivity contribution < 1.29 is 9.13 Å². The zero-order valence-electron chi connectivity index (χ0n) is 14.2. The van der Waals surface area contributed by atoms with Crippen LogP contribution in [-0.2, 0) is 17.8 Å². The molecule has 0 bridgehead atoms. The molecule has 0 amide bonds. The Morgan fingerprint density at radius 2 is 2.21 bits per heavy atom. The molecular weight excluding hydrogens is 307 g/mol. The summed E-state index contributed by atoms with van der Waals surface area (Å²) >= 11 is 0. The van der Waals surface area contributed by atoms with E-state index >= 15 is 0 Å². The van der Waals surface area contributed by atoms with Gasteiger partial charge in [-0.05, 0) is 37.9 Å². The third kappa shape index (κ3) is 4.56. The van der Waals surface area contributed by atoms with Crippen LogP contribution in [0.3, 0.4) is 0 Å². The fourth-order valence-electron chi connectivity index (χ4n) is 2.88. The lowest BCUT2D eigenvalue weighted by molar-refractivity contribution is -0.0373. The molecule has 2 aromatic rings. The highest BCUT2D eigenvalue weighted by molar-refractivity contribution is 5.16. The van der Waals surface area contributed by atoms with E-state index in [1.807, 2.05) is 26.2 Å². The van der Waals surface area contributed by atoms with Gasteiger partial charge in [-0.15, -0.1) is 0 Å². The average Bonchev–Trinajstić information content (AvgIpc) is 2.55. The molecular formula is C18H23FN4O. The number of nitrogens with zero attached hydrogens (tertiary/aromatic N) is 4. The molecule has 1 atom stereocenters. The van der Waals surface area contributed by atoms with E-state index in [-0.39, 0.29) is 11.9 Å². The molecule has 128 valence electrons. The Morgan fingerprint density at radius 3 is 3.00 bits per heavy atom. The zero-order valence-corrected chi connectivity index (χ0v) is 14.2. The molecule has 0 spiro atoms. The summed E-state index contributed by atoms with van der Waals surface area (Å²) in [5, 5.41) is 0. The predicted octanol–water partition coefficient (Wildman–Crippen LogP) is 2.25. The van der Waals surface area contributed by atoms with Gasteiger partial charge in [0.05, 0.1) is 12.3 Å². The largest absolute Gasteiger partial charge is 0.368 e. The van der Waals surface area contributed by atoms with E-state index in [4.69, 9.17) is 4.74 Å². The predicted molar refractivity (Wildman–Crippen MR) is 89.8 cm³/mol. The Hall–Kier alpha value is -1.89. The van der Waals surface area contributed by atoms with Crippen molar-refractivity contribution in [2.45, 2.75) is 19.2 Å². The van der Waals surface area contributed by atoms with Crippen LogP contribution in [-0.4, -0.2) is 53.6 Å². The summed E-state index contributed by atoms with van der Waals surface area (Å²) in [5.74, 6) is 0.523. The molecule has 1 aromatic carbocycles. The molecule has 1 saturated heterocycles. The average molecular weight is 330 g/mol. The molecule has 5 nitrogen and oxygen atoms in total. The number of hydrogen-bond acceptors (Lipinski definition) is 5. The Kier molecular flexibility index (Phi) is 5.50. The van der Waals surface area contributed by atoms with Gasteiger partial charge in [-0.2, -0.15) is 0 Å². The lowest BCUT2D eigenvalue weighted by atomic mass is 10.1. The van der Waals surface area contributed by atoms with Crippen LogP contribution in [0.2, 0.25) is 0 Å². The molecule has 1 aliphatic rings. The Morgan fingerprint density at radius 1 is 1.33 bits per heavy atom. The van der Waals surface area contributed by atoms with Crippen LogP contribution < -0.4 is 0 Å². The minimum atomic E-state index is -0.197. The minimum Gasteiger partial charge on any atom is -0.368 e. The van der Waals surface area contributed by atoms with Gasteiger partial charge in [0.1, 0.15) is 11.9 Å². The fourth-order valence-corrected chi connectivity index (χ4v) is 2.88. The third-order valence-corrected chi connectivity index (χ3v) is 3.94. The highest BCUT2D eigenvalue weighted by atomic mass is 19.1. The first-order valence-electron chi connectivity index (χ1n) is 8.15. The van der Waals surface area contributed by atoms with Crippen LogP contribution in [0.1, 0.15) is 23.2 Å². The summed E-state index contributed by atoms with van der Waals surface area (Å²) in [4.78, 5) is 13.3. The van der Waals surface area contributed by atoms with Gasteiger partial charge in [-0.1, -0.05) is 12.1 Å². The minimum absolute atomic E-state index is 0.144. The first kappa shape index (κ1) is 17.0. The van der Waals surface area contributed by atoms with Gasteiger partial charge in [0.25, 0.3) is 0 Å². The van der Waals surface area contributed by atoms with Crippen LogP contribution in [0.25, 0.3) is 0 Å². The molecule has 24 heavy (non-hydrogen) atoms. The van der Waals surface area contributed by atoms with Gasteiger partial charge in [-0.25, -0.2) is 14.4 Å². The lowest BCUT2D eigenvalue weighted by Crippen LogP contribution is -2.38. The fraction of sp³-hybridized carbons (Fsp3) is 0.444. The number of halogens is 1. The third-order valence-electron chi connectivity index (χ3n) is 3.94. The maximum Gasteiger partial charge on any atom is 0.158 e. The molecule has 2 heterocycles. The van der Waals surface area contributed by atoms with Gasteiger partial charge in [0.15, 0.2) is 5.82 Å². The first-order chi connectivity index (χ1) is 11.6. The Balaban J connectivity index is 1.67. The van der Waals surface area contributed by atoms with Crippen molar-refractivity contribution in [1.82, 2.24) is 19.8 Å². The maximum absolute atomic E-state index is 13.3. The monoisotopic (exact) mass is 330 g/mol. The summed E-state index contributed by atoms with van der Waals surface area (Å²) in [5.41, 5.74) is 1.95. The van der Waals surface area contributed by atoms with E-state index in [0.29, 0.717) is 19.7 Å². The van der Waals surface area contributed by atoms with Gasteiger partial charge in [0.2, 0.25) is 0 Å². The second-order valence-corrected chi connectivity index (χ2v) is 6.37. The molecule has 0 aliphatic carbocycles. The smallest absolute Gasteiger partial charge is 0.158 e. The van der Waals surface area contributed by atoms with E-state index in [1.54, 1.807) is 18.3 Å². The highest BCUT2D eigenvalue weighted by Gasteiger charge is 2.24. The summed E-state index contributed by atoms with van der Waals surface area (Å²) in [6, 6.07) is 8.67. The summed E-state index contributed by atoms with van der Waals surface area (Å²) in [6.07, 6.45) is 1.64. The molecule has 1 aromatic heterocycles. The normalized spacial score (nSPS) is 18.9. The first-order valence-corrected chi connectivity index (χ1v) is 8.15.